The third-order valence-corrected chi connectivity index (χ3v) is 9.81. The summed E-state index contributed by atoms with van der Waals surface area (Å²) in [5.74, 6) is -0.456. The minimum atomic E-state index is -4.38. The predicted octanol–water partition coefficient (Wildman–Crippen LogP) is 5.64. The van der Waals surface area contributed by atoms with E-state index in [1.54, 1.807) is 6.07 Å². The van der Waals surface area contributed by atoms with E-state index in [0.29, 0.717) is 29.5 Å². The van der Waals surface area contributed by atoms with Crippen LogP contribution in [0.1, 0.15) is 32.1 Å². The first kappa shape index (κ1) is 30.6. The van der Waals surface area contributed by atoms with Crippen molar-refractivity contribution in [2.45, 2.75) is 37.6 Å². The van der Waals surface area contributed by atoms with Gasteiger partial charge in [0.25, 0.3) is 5.52 Å². The normalized spacial score (nSPS) is 15.3. The molecule has 222 valence electrons. The average molecular weight is 648 g/mol. The van der Waals surface area contributed by atoms with Crippen molar-refractivity contribution >= 4 is 77.2 Å². The second-order valence-corrected chi connectivity index (χ2v) is 14.4. The van der Waals surface area contributed by atoms with Gasteiger partial charge in [-0.05, 0) is 60.2 Å². The number of fused-ring (bicyclic) bond motifs is 4. The lowest BCUT2D eigenvalue weighted by atomic mass is 10.1. The standard InChI is InChI=1S/C29H29ClN2O7S3/c1-2-20(18-28-31(13-5-15-41(33,34)35)24-19-22(30)10-12-26(24)40-28)17-27-32(14-6-16-42(36,37)38)29-23-8-4-3-7-21(23)9-11-25(29)39-27/h3-4,7-12,17-19H,2,5-6,13-16H2,1H3,(H-,33,34,35,36,37,38)/p-1. The Hall–Kier alpha value is -2.87. The van der Waals surface area contributed by atoms with E-state index in [2.05, 4.69) is 0 Å². The lowest BCUT2D eigenvalue weighted by Crippen LogP contribution is -2.36. The summed E-state index contributed by atoms with van der Waals surface area (Å²) in [6, 6.07) is 17.2. The van der Waals surface area contributed by atoms with Gasteiger partial charge < -0.3 is 18.4 Å². The molecule has 0 amide bonds. The van der Waals surface area contributed by atoms with Crippen LogP contribution in [0.15, 0.2) is 80.6 Å². The highest BCUT2D eigenvalue weighted by Gasteiger charge is 2.27. The SMILES string of the molecule is CCC(=Cc1oc2ccc3ccccc3c2[n+]1CCCS(=O)(=O)[O-])C=C1Sc2ccc(Cl)cc2N1CCCS(=O)(=O)[O-]. The van der Waals surface area contributed by atoms with Gasteiger partial charge >= 0.3 is 5.89 Å². The van der Waals surface area contributed by atoms with Crippen molar-refractivity contribution in [1.82, 2.24) is 0 Å². The molecule has 2 heterocycles. The van der Waals surface area contributed by atoms with Crippen LogP contribution in [0.2, 0.25) is 5.02 Å². The van der Waals surface area contributed by atoms with Gasteiger partial charge in [0.1, 0.15) is 0 Å². The van der Waals surface area contributed by atoms with Crippen molar-refractivity contribution in [1.29, 1.82) is 0 Å². The second-order valence-electron chi connectivity index (χ2n) is 9.88. The van der Waals surface area contributed by atoms with Crippen molar-refractivity contribution in [2.75, 3.05) is 23.0 Å². The zero-order valence-corrected chi connectivity index (χ0v) is 25.9. The highest BCUT2D eigenvalue weighted by molar-refractivity contribution is 8.03. The van der Waals surface area contributed by atoms with E-state index in [9.17, 15) is 25.9 Å². The quantitative estimate of drug-likeness (QED) is 0.150. The summed E-state index contributed by atoms with van der Waals surface area (Å²) >= 11 is 7.78. The smallest absolute Gasteiger partial charge is 0.374 e. The Labute approximate surface area is 254 Å². The van der Waals surface area contributed by atoms with Gasteiger partial charge in [-0.15, -0.1) is 0 Å². The summed E-state index contributed by atoms with van der Waals surface area (Å²) in [5.41, 5.74) is 3.17. The molecule has 0 unspecified atom stereocenters. The van der Waals surface area contributed by atoms with Gasteiger partial charge in [0.05, 0.1) is 42.4 Å². The molecule has 1 aromatic heterocycles. The molecular weight excluding hydrogens is 620 g/mol. The maximum absolute atomic E-state index is 11.3. The molecule has 0 N–H and O–H groups in total. The number of rotatable bonds is 11. The Morgan fingerprint density at radius 1 is 1.02 bits per heavy atom. The molecule has 0 saturated heterocycles. The summed E-state index contributed by atoms with van der Waals surface area (Å²) in [7, 11) is -8.73. The first-order chi connectivity index (χ1) is 19.9. The molecule has 13 heteroatoms. The van der Waals surface area contributed by atoms with Crippen LogP contribution in [0.25, 0.3) is 27.9 Å². The fourth-order valence-electron chi connectivity index (χ4n) is 4.98. The Balaban J connectivity index is 1.56. The van der Waals surface area contributed by atoms with Gasteiger partial charge in [-0.2, -0.15) is 4.57 Å². The minimum Gasteiger partial charge on any atom is -0.748 e. The van der Waals surface area contributed by atoms with Crippen LogP contribution in [-0.2, 0) is 26.8 Å². The van der Waals surface area contributed by atoms with Crippen molar-refractivity contribution in [2.24, 2.45) is 0 Å². The van der Waals surface area contributed by atoms with Gasteiger partial charge in [-0.1, -0.05) is 54.6 Å². The van der Waals surface area contributed by atoms with Crippen molar-refractivity contribution < 1.29 is 34.9 Å². The molecule has 0 aliphatic carbocycles. The molecule has 0 atom stereocenters. The summed E-state index contributed by atoms with van der Waals surface area (Å²) in [6.07, 6.45) is 4.78. The number of hydrogen-bond acceptors (Lipinski definition) is 9. The molecule has 0 radical (unpaired) electrons. The van der Waals surface area contributed by atoms with Crippen LogP contribution in [0.4, 0.5) is 5.69 Å². The van der Waals surface area contributed by atoms with Gasteiger partial charge in [0.2, 0.25) is 5.58 Å². The highest BCUT2D eigenvalue weighted by atomic mass is 35.5. The van der Waals surface area contributed by atoms with Crippen molar-refractivity contribution in [3.05, 3.63) is 82.2 Å². The lowest BCUT2D eigenvalue weighted by molar-refractivity contribution is -0.677. The molecule has 4 aromatic rings. The molecule has 1 aliphatic rings. The predicted molar refractivity (Wildman–Crippen MR) is 163 cm³/mol. The number of halogens is 1. The molecule has 0 bridgehead atoms. The number of allylic oxidation sites excluding steroid dienone is 2. The van der Waals surface area contributed by atoms with Crippen LogP contribution in [0, 0.1) is 0 Å². The van der Waals surface area contributed by atoms with Gasteiger partial charge in [0, 0.05) is 34.4 Å². The van der Waals surface area contributed by atoms with E-state index in [0.717, 1.165) is 37.5 Å². The van der Waals surface area contributed by atoms with Crippen LogP contribution in [-0.4, -0.2) is 44.0 Å². The Morgan fingerprint density at radius 3 is 2.50 bits per heavy atom. The molecule has 1 aliphatic heterocycles. The Morgan fingerprint density at radius 2 is 1.76 bits per heavy atom. The van der Waals surface area contributed by atoms with Gasteiger partial charge in [0.15, 0.2) is 6.54 Å². The number of aromatic nitrogens is 1. The van der Waals surface area contributed by atoms with Crippen molar-refractivity contribution in [3.8, 4) is 0 Å². The van der Waals surface area contributed by atoms with E-state index in [1.807, 2.05) is 77.1 Å². The fourth-order valence-corrected chi connectivity index (χ4v) is 7.25. The fraction of sp³-hybridized carbons (Fsp3) is 0.276. The number of oxazole rings is 1. The number of hydrogen-bond donors (Lipinski definition) is 0. The average Bonchev–Trinajstić information content (AvgIpc) is 3.44. The van der Waals surface area contributed by atoms with E-state index in [1.165, 1.54) is 11.8 Å². The zero-order valence-electron chi connectivity index (χ0n) is 22.7. The summed E-state index contributed by atoms with van der Waals surface area (Å²) in [5, 5.41) is 3.32. The Kier molecular flexibility index (Phi) is 9.02. The van der Waals surface area contributed by atoms with Crippen LogP contribution < -0.4 is 9.47 Å². The Bertz CT molecular complexity index is 1930. The van der Waals surface area contributed by atoms with Gasteiger partial charge in [-0.3, -0.25) is 0 Å². The number of benzene rings is 3. The first-order valence-electron chi connectivity index (χ1n) is 13.3. The third-order valence-electron chi connectivity index (χ3n) is 6.88. The number of anilines is 1. The highest BCUT2D eigenvalue weighted by Crippen LogP contribution is 2.47. The molecule has 9 nitrogen and oxygen atoms in total. The van der Waals surface area contributed by atoms with Crippen molar-refractivity contribution in [3.63, 3.8) is 0 Å². The molecule has 0 spiro atoms. The minimum absolute atomic E-state index is 0.125. The van der Waals surface area contributed by atoms with E-state index in [-0.39, 0.29) is 19.4 Å². The monoisotopic (exact) mass is 647 g/mol. The lowest BCUT2D eigenvalue weighted by Gasteiger charge is -2.21. The van der Waals surface area contributed by atoms with E-state index >= 15 is 0 Å². The largest absolute Gasteiger partial charge is 0.748 e. The van der Waals surface area contributed by atoms with Crippen LogP contribution >= 0.6 is 23.4 Å². The van der Waals surface area contributed by atoms with Crippen LogP contribution in [0.5, 0.6) is 0 Å². The number of thioether (sulfide) groups is 1. The summed E-state index contributed by atoms with van der Waals surface area (Å²) in [6.45, 7) is 2.56. The molecule has 0 fully saturated rings. The molecule has 0 saturated carbocycles. The maximum atomic E-state index is 11.3. The molecule has 5 rings (SSSR count). The second kappa shape index (κ2) is 12.4. The maximum Gasteiger partial charge on any atom is 0.374 e. The first-order valence-corrected chi connectivity index (χ1v) is 17.7. The summed E-state index contributed by atoms with van der Waals surface area (Å²) < 4.78 is 75.9. The van der Waals surface area contributed by atoms with E-state index < -0.39 is 31.7 Å². The topological polar surface area (TPSA) is 135 Å². The number of nitrogens with zero attached hydrogens (tertiary/aromatic N) is 2. The van der Waals surface area contributed by atoms with Gasteiger partial charge in [-0.25, -0.2) is 16.8 Å². The zero-order chi connectivity index (χ0) is 30.1. The van der Waals surface area contributed by atoms with Crippen LogP contribution in [0.3, 0.4) is 0 Å². The third kappa shape index (κ3) is 7.19. The summed E-state index contributed by atoms with van der Waals surface area (Å²) in [4.78, 5) is 2.91. The molecule has 3 aromatic carbocycles. The molecular formula is C29H28ClN2O7S3-. The number of aryl methyl sites for hydroxylation is 1. The van der Waals surface area contributed by atoms with E-state index in [4.69, 9.17) is 16.0 Å². The molecule has 42 heavy (non-hydrogen) atoms.